The van der Waals surface area contributed by atoms with Gasteiger partial charge >= 0.3 is 0 Å². The van der Waals surface area contributed by atoms with Gasteiger partial charge in [-0.05, 0) is 6.92 Å². The molecule has 0 unspecified atom stereocenters. The predicted octanol–water partition coefficient (Wildman–Crippen LogP) is 1.11. The fourth-order valence-corrected chi connectivity index (χ4v) is 0.735. The van der Waals surface area contributed by atoms with Crippen molar-refractivity contribution >= 4 is 31.1 Å². The van der Waals surface area contributed by atoms with E-state index in [2.05, 4.69) is 30.2 Å². The van der Waals surface area contributed by atoms with E-state index in [4.69, 9.17) is 0 Å². The molecule has 0 rings (SSSR count). The summed E-state index contributed by atoms with van der Waals surface area (Å²) in [5.74, 6) is 2.22. The molecular formula is C5H12N2S2. The Bertz CT molecular complexity index is 103. The van der Waals surface area contributed by atoms with Gasteiger partial charge in [-0.3, -0.25) is 4.99 Å². The van der Waals surface area contributed by atoms with Crippen molar-refractivity contribution in [3.05, 3.63) is 0 Å². The molecule has 0 spiro atoms. The Balaban J connectivity index is 3.70. The number of thiol groups is 2. The highest BCUT2D eigenvalue weighted by molar-refractivity contribution is 7.80. The Labute approximate surface area is 67.2 Å². The first-order valence-corrected chi connectivity index (χ1v) is 3.92. The minimum absolute atomic E-state index is 0.546. The van der Waals surface area contributed by atoms with Crippen LogP contribution in [-0.2, 0) is 0 Å². The van der Waals surface area contributed by atoms with Crippen LogP contribution < -0.4 is 0 Å². The number of rotatable bonds is 2. The summed E-state index contributed by atoms with van der Waals surface area (Å²) in [6, 6.07) is 0. The molecule has 54 valence electrons. The second kappa shape index (κ2) is 4.99. The van der Waals surface area contributed by atoms with Crippen molar-refractivity contribution in [2.75, 3.05) is 18.8 Å². The van der Waals surface area contributed by atoms with Crippen LogP contribution in [0.4, 0.5) is 0 Å². The summed E-state index contributed by atoms with van der Waals surface area (Å²) in [4.78, 5) is 6.00. The largest absolute Gasteiger partial charge is 0.355 e. The summed E-state index contributed by atoms with van der Waals surface area (Å²) in [6.45, 7) is 1.94. The molecule has 0 radical (unpaired) electrons. The first-order valence-electron chi connectivity index (χ1n) is 2.66. The molecule has 9 heavy (non-hydrogen) atoms. The average Bonchev–Trinajstić information content (AvgIpc) is 1.87. The number of hydrogen-bond acceptors (Lipinski definition) is 3. The molecule has 0 heterocycles. The SMILES string of the molecule is C/C(=N/CS)N(C)CS. The van der Waals surface area contributed by atoms with Crippen molar-refractivity contribution in [3.63, 3.8) is 0 Å². The van der Waals surface area contributed by atoms with Gasteiger partial charge in [0, 0.05) is 7.05 Å². The molecule has 0 aromatic rings. The zero-order valence-corrected chi connectivity index (χ0v) is 7.49. The van der Waals surface area contributed by atoms with Crippen molar-refractivity contribution < 1.29 is 0 Å². The van der Waals surface area contributed by atoms with Crippen LogP contribution in [0.15, 0.2) is 4.99 Å². The number of hydrogen-bond donors (Lipinski definition) is 2. The van der Waals surface area contributed by atoms with E-state index in [0.717, 1.165) is 5.84 Å². The Hall–Kier alpha value is 0.170. The van der Waals surface area contributed by atoms with Crippen LogP contribution >= 0.6 is 25.3 Å². The highest BCUT2D eigenvalue weighted by Crippen LogP contribution is 1.89. The van der Waals surface area contributed by atoms with Gasteiger partial charge in [0.15, 0.2) is 0 Å². The third kappa shape index (κ3) is 3.70. The number of nitrogens with zero attached hydrogens (tertiary/aromatic N) is 2. The van der Waals surface area contributed by atoms with E-state index in [1.54, 1.807) is 0 Å². The molecule has 0 aliphatic heterocycles. The van der Waals surface area contributed by atoms with E-state index in [-0.39, 0.29) is 0 Å². The van der Waals surface area contributed by atoms with E-state index in [0.29, 0.717) is 11.8 Å². The molecule has 0 bridgehead atoms. The van der Waals surface area contributed by atoms with Gasteiger partial charge in [-0.1, -0.05) is 0 Å². The maximum absolute atomic E-state index is 4.07. The zero-order valence-electron chi connectivity index (χ0n) is 5.70. The Morgan fingerprint density at radius 2 is 2.11 bits per heavy atom. The summed E-state index contributed by atoms with van der Waals surface area (Å²) in [6.07, 6.45) is 0. The topological polar surface area (TPSA) is 15.6 Å². The van der Waals surface area contributed by atoms with E-state index in [1.807, 2.05) is 18.9 Å². The van der Waals surface area contributed by atoms with Crippen molar-refractivity contribution in [2.24, 2.45) is 4.99 Å². The molecule has 0 saturated carbocycles. The van der Waals surface area contributed by atoms with Gasteiger partial charge in [0.2, 0.25) is 0 Å². The van der Waals surface area contributed by atoms with Crippen LogP contribution in [0.2, 0.25) is 0 Å². The van der Waals surface area contributed by atoms with Gasteiger partial charge in [0.05, 0.1) is 17.6 Å². The third-order valence-corrected chi connectivity index (χ3v) is 1.63. The molecular weight excluding hydrogens is 152 g/mol. The summed E-state index contributed by atoms with van der Waals surface area (Å²) in [5, 5.41) is 0. The Kier molecular flexibility index (Phi) is 5.09. The van der Waals surface area contributed by atoms with Crippen molar-refractivity contribution in [2.45, 2.75) is 6.92 Å². The van der Waals surface area contributed by atoms with Gasteiger partial charge < -0.3 is 4.90 Å². The van der Waals surface area contributed by atoms with Crippen molar-refractivity contribution in [1.82, 2.24) is 4.90 Å². The number of amidine groups is 1. The summed E-state index contributed by atoms with van der Waals surface area (Å²) in [5.41, 5.74) is 0. The first-order chi connectivity index (χ1) is 4.22. The standard InChI is InChI=1S/C5H12N2S2/c1-5(6-3-8)7(2)4-9/h8-9H,3-4H2,1-2H3/b6-5-. The van der Waals surface area contributed by atoms with E-state index < -0.39 is 0 Å². The molecule has 0 N–H and O–H groups in total. The van der Waals surface area contributed by atoms with Crippen LogP contribution in [0.25, 0.3) is 0 Å². The normalized spacial score (nSPS) is 11.8. The number of aliphatic imine (C=N–C) groups is 1. The minimum atomic E-state index is 0.546. The minimum Gasteiger partial charge on any atom is -0.355 e. The monoisotopic (exact) mass is 164 g/mol. The maximum atomic E-state index is 4.07. The molecule has 0 aliphatic rings. The lowest BCUT2D eigenvalue weighted by Crippen LogP contribution is -2.22. The summed E-state index contributed by atoms with van der Waals surface area (Å²) < 4.78 is 0. The third-order valence-electron chi connectivity index (χ3n) is 1.06. The molecule has 0 saturated heterocycles. The van der Waals surface area contributed by atoms with Crippen LogP contribution in [-0.4, -0.2) is 29.5 Å². The predicted molar refractivity (Wildman–Crippen MR) is 48.6 cm³/mol. The lowest BCUT2D eigenvalue weighted by molar-refractivity contribution is 0.596. The molecule has 0 fully saturated rings. The maximum Gasteiger partial charge on any atom is 0.0971 e. The molecule has 0 aliphatic carbocycles. The summed E-state index contributed by atoms with van der Waals surface area (Å²) in [7, 11) is 1.94. The van der Waals surface area contributed by atoms with E-state index in [9.17, 15) is 0 Å². The Morgan fingerprint density at radius 3 is 2.44 bits per heavy atom. The van der Waals surface area contributed by atoms with E-state index in [1.165, 1.54) is 0 Å². The Morgan fingerprint density at radius 1 is 1.56 bits per heavy atom. The zero-order chi connectivity index (χ0) is 7.28. The average molecular weight is 164 g/mol. The quantitative estimate of drug-likeness (QED) is 0.270. The van der Waals surface area contributed by atoms with Crippen molar-refractivity contribution in [3.8, 4) is 0 Å². The van der Waals surface area contributed by atoms with Crippen LogP contribution in [0.1, 0.15) is 6.92 Å². The van der Waals surface area contributed by atoms with Crippen LogP contribution in [0.3, 0.4) is 0 Å². The van der Waals surface area contributed by atoms with Crippen LogP contribution in [0.5, 0.6) is 0 Å². The van der Waals surface area contributed by atoms with E-state index >= 15 is 0 Å². The lowest BCUT2D eigenvalue weighted by atomic mass is 10.6. The molecule has 0 aromatic heterocycles. The van der Waals surface area contributed by atoms with Gasteiger partial charge in [0.1, 0.15) is 0 Å². The fraction of sp³-hybridized carbons (Fsp3) is 0.800. The molecule has 4 heteroatoms. The molecule has 0 aromatic carbocycles. The van der Waals surface area contributed by atoms with Gasteiger partial charge in [-0.15, -0.1) is 0 Å². The van der Waals surface area contributed by atoms with Crippen LogP contribution in [0, 0.1) is 0 Å². The van der Waals surface area contributed by atoms with Gasteiger partial charge in [0.25, 0.3) is 0 Å². The summed E-state index contributed by atoms with van der Waals surface area (Å²) >= 11 is 8.02. The smallest absolute Gasteiger partial charge is 0.0971 e. The highest BCUT2D eigenvalue weighted by atomic mass is 32.1. The van der Waals surface area contributed by atoms with Gasteiger partial charge in [-0.2, -0.15) is 25.3 Å². The molecule has 0 atom stereocenters. The van der Waals surface area contributed by atoms with Gasteiger partial charge in [-0.25, -0.2) is 0 Å². The van der Waals surface area contributed by atoms with Crippen molar-refractivity contribution in [1.29, 1.82) is 0 Å². The lowest BCUT2D eigenvalue weighted by Gasteiger charge is -2.14. The first kappa shape index (κ1) is 9.17. The molecule has 2 nitrogen and oxygen atoms in total. The highest BCUT2D eigenvalue weighted by Gasteiger charge is 1.93. The second-order valence-electron chi connectivity index (χ2n) is 1.69. The molecule has 0 amide bonds. The fourth-order valence-electron chi connectivity index (χ4n) is 0.325. The second-order valence-corrected chi connectivity index (χ2v) is 2.25.